The molecule has 0 aromatic carbocycles. The Labute approximate surface area is 183 Å². The summed E-state index contributed by atoms with van der Waals surface area (Å²) < 4.78 is 5.63. The van der Waals surface area contributed by atoms with Crippen molar-refractivity contribution in [1.29, 1.82) is 0 Å². The Morgan fingerprint density at radius 3 is 1.83 bits per heavy atom. The van der Waals surface area contributed by atoms with E-state index >= 15 is 0 Å². The van der Waals surface area contributed by atoms with Crippen LogP contribution in [0.4, 0.5) is 0 Å². The van der Waals surface area contributed by atoms with Gasteiger partial charge in [0, 0.05) is 20.6 Å². The summed E-state index contributed by atoms with van der Waals surface area (Å²) >= 11 is 0. The Hall–Kier alpha value is -1.47. The normalized spacial score (nSPS) is 16.9. The van der Waals surface area contributed by atoms with Gasteiger partial charge in [0.1, 0.15) is 11.8 Å². The van der Waals surface area contributed by atoms with Gasteiger partial charge in [0.25, 0.3) is 0 Å². The van der Waals surface area contributed by atoms with Gasteiger partial charge >= 0.3 is 0 Å². The van der Waals surface area contributed by atoms with Gasteiger partial charge in [0.05, 0.1) is 18.2 Å². The van der Waals surface area contributed by atoms with Crippen LogP contribution >= 0.6 is 0 Å². The molecule has 1 N–H and O–H groups in total. The SMILES string of the molecule is CCC(C)C(C(CC(C)=O)OC)N(C)C(=O)C(NC(=O)C(C(C)C)N(C)C)C(C)C. The molecule has 176 valence electrons. The van der Waals surface area contributed by atoms with Crippen molar-refractivity contribution in [1.82, 2.24) is 15.1 Å². The molecular formula is C23H45N3O4. The first-order valence-corrected chi connectivity index (χ1v) is 11.1. The fraction of sp³-hybridized carbons (Fsp3) is 0.870. The lowest BCUT2D eigenvalue weighted by molar-refractivity contribution is -0.144. The average molecular weight is 428 g/mol. The molecule has 0 rings (SSSR count). The van der Waals surface area contributed by atoms with Crippen molar-refractivity contribution in [2.45, 2.75) is 85.5 Å². The highest BCUT2D eigenvalue weighted by atomic mass is 16.5. The molecule has 0 fully saturated rings. The van der Waals surface area contributed by atoms with Crippen LogP contribution in [0.3, 0.4) is 0 Å². The van der Waals surface area contributed by atoms with Gasteiger partial charge in [0.15, 0.2) is 0 Å². The molecule has 30 heavy (non-hydrogen) atoms. The number of ketones is 1. The predicted molar refractivity (Wildman–Crippen MR) is 121 cm³/mol. The van der Waals surface area contributed by atoms with E-state index in [1.54, 1.807) is 19.1 Å². The van der Waals surface area contributed by atoms with Gasteiger partial charge in [-0.05, 0) is 38.8 Å². The van der Waals surface area contributed by atoms with Crippen LogP contribution in [-0.4, -0.2) is 79.9 Å². The lowest BCUT2D eigenvalue weighted by Crippen LogP contribution is -2.59. The van der Waals surface area contributed by atoms with Crippen LogP contribution in [0.1, 0.15) is 61.3 Å². The number of ether oxygens (including phenoxy) is 1. The molecule has 0 saturated carbocycles. The molecule has 0 saturated heterocycles. The van der Waals surface area contributed by atoms with Crippen molar-refractivity contribution in [2.24, 2.45) is 17.8 Å². The number of hydrogen-bond donors (Lipinski definition) is 1. The fourth-order valence-corrected chi connectivity index (χ4v) is 4.12. The summed E-state index contributed by atoms with van der Waals surface area (Å²) in [6, 6.07) is -1.23. The third-order valence-electron chi connectivity index (χ3n) is 5.88. The van der Waals surface area contributed by atoms with Crippen LogP contribution in [0.15, 0.2) is 0 Å². The monoisotopic (exact) mass is 427 g/mol. The molecule has 0 aromatic rings. The lowest BCUT2D eigenvalue weighted by atomic mass is 9.89. The Bertz CT molecular complexity index is 555. The quantitative estimate of drug-likeness (QED) is 0.489. The minimum Gasteiger partial charge on any atom is -0.379 e. The molecule has 0 heterocycles. The van der Waals surface area contributed by atoms with Gasteiger partial charge < -0.3 is 15.0 Å². The van der Waals surface area contributed by atoms with E-state index in [1.165, 1.54) is 6.92 Å². The second kappa shape index (κ2) is 13.1. The van der Waals surface area contributed by atoms with E-state index in [-0.39, 0.29) is 60.0 Å². The molecule has 7 heteroatoms. The Balaban J connectivity index is 5.80. The van der Waals surface area contributed by atoms with Gasteiger partial charge in [-0.3, -0.25) is 19.3 Å². The molecule has 0 aliphatic rings. The number of nitrogens with one attached hydrogen (secondary N) is 1. The highest BCUT2D eigenvalue weighted by Crippen LogP contribution is 2.23. The van der Waals surface area contributed by atoms with E-state index in [4.69, 9.17) is 4.74 Å². The van der Waals surface area contributed by atoms with Crippen LogP contribution in [0, 0.1) is 17.8 Å². The summed E-state index contributed by atoms with van der Waals surface area (Å²) in [6.07, 6.45) is 0.701. The minimum absolute atomic E-state index is 0.0236. The number of amides is 2. The number of carbonyl (C=O) groups excluding carboxylic acids is 3. The number of nitrogens with zero attached hydrogens (tertiary/aromatic N) is 2. The molecule has 0 aliphatic carbocycles. The van der Waals surface area contributed by atoms with Gasteiger partial charge in [-0.1, -0.05) is 48.0 Å². The molecule has 0 bridgehead atoms. The number of Topliss-reactive ketones (excluding diaryl/α,β-unsaturated/α-hetero) is 1. The molecule has 5 unspecified atom stereocenters. The maximum absolute atomic E-state index is 13.5. The fourth-order valence-electron chi connectivity index (χ4n) is 4.12. The zero-order valence-electron chi connectivity index (χ0n) is 21.0. The average Bonchev–Trinajstić information content (AvgIpc) is 2.63. The van der Waals surface area contributed by atoms with E-state index in [0.29, 0.717) is 0 Å². The summed E-state index contributed by atoms with van der Waals surface area (Å²) in [7, 11) is 7.06. The molecule has 2 amide bonds. The standard InChI is InChI=1S/C23H45N3O4/c1-12-16(6)21(18(30-11)13-17(7)27)26(10)23(29)19(14(2)3)24-22(28)20(15(4)5)25(8)9/h14-16,18-21H,12-13H2,1-11H3,(H,24,28). The van der Waals surface area contributed by atoms with Crippen molar-refractivity contribution in [3.8, 4) is 0 Å². The molecule has 0 aromatic heterocycles. The van der Waals surface area contributed by atoms with E-state index < -0.39 is 6.04 Å². The van der Waals surface area contributed by atoms with Crippen LogP contribution in [0.25, 0.3) is 0 Å². The van der Waals surface area contributed by atoms with Crippen LogP contribution < -0.4 is 5.32 Å². The first kappa shape index (κ1) is 28.5. The number of hydrogen-bond acceptors (Lipinski definition) is 5. The largest absolute Gasteiger partial charge is 0.379 e. The third-order valence-corrected chi connectivity index (χ3v) is 5.88. The molecule has 0 radical (unpaired) electrons. The first-order chi connectivity index (χ1) is 13.8. The Morgan fingerprint density at radius 2 is 1.50 bits per heavy atom. The number of likely N-dealkylation sites (N-methyl/N-ethyl adjacent to an activating group) is 2. The topological polar surface area (TPSA) is 79.0 Å². The van der Waals surface area contributed by atoms with Gasteiger partial charge in [-0.2, -0.15) is 0 Å². The Morgan fingerprint density at radius 1 is 0.967 bits per heavy atom. The number of carbonyl (C=O) groups is 3. The van der Waals surface area contributed by atoms with E-state index in [9.17, 15) is 14.4 Å². The Kier molecular flexibility index (Phi) is 12.4. The maximum atomic E-state index is 13.5. The second-order valence-electron chi connectivity index (χ2n) is 9.39. The van der Waals surface area contributed by atoms with Crippen molar-refractivity contribution in [2.75, 3.05) is 28.3 Å². The molecule has 7 nitrogen and oxygen atoms in total. The summed E-state index contributed by atoms with van der Waals surface area (Å²) in [5.74, 6) is -0.113. The zero-order valence-corrected chi connectivity index (χ0v) is 21.0. The predicted octanol–water partition coefficient (Wildman–Crippen LogP) is 2.58. The zero-order chi connectivity index (χ0) is 23.8. The van der Waals surface area contributed by atoms with Crippen molar-refractivity contribution < 1.29 is 19.1 Å². The van der Waals surface area contributed by atoms with E-state index in [2.05, 4.69) is 19.2 Å². The van der Waals surface area contributed by atoms with Gasteiger partial charge in [0.2, 0.25) is 11.8 Å². The maximum Gasteiger partial charge on any atom is 0.245 e. The molecule has 0 aliphatic heterocycles. The van der Waals surface area contributed by atoms with Crippen LogP contribution in [-0.2, 0) is 19.1 Å². The smallest absolute Gasteiger partial charge is 0.245 e. The van der Waals surface area contributed by atoms with Gasteiger partial charge in [-0.15, -0.1) is 0 Å². The minimum atomic E-state index is -0.648. The second-order valence-corrected chi connectivity index (χ2v) is 9.39. The summed E-state index contributed by atoms with van der Waals surface area (Å²) in [5.41, 5.74) is 0. The van der Waals surface area contributed by atoms with Gasteiger partial charge in [-0.25, -0.2) is 0 Å². The van der Waals surface area contributed by atoms with Crippen LogP contribution in [0.2, 0.25) is 0 Å². The number of rotatable bonds is 13. The summed E-state index contributed by atoms with van der Waals surface area (Å²) in [6.45, 7) is 13.5. The van der Waals surface area contributed by atoms with Crippen molar-refractivity contribution in [3.63, 3.8) is 0 Å². The van der Waals surface area contributed by atoms with E-state index in [0.717, 1.165) is 6.42 Å². The van der Waals surface area contributed by atoms with E-state index in [1.807, 2.05) is 46.7 Å². The van der Waals surface area contributed by atoms with Crippen molar-refractivity contribution >= 4 is 17.6 Å². The number of methoxy groups -OCH3 is 1. The summed E-state index contributed by atoms with van der Waals surface area (Å²) in [5, 5.41) is 2.99. The van der Waals surface area contributed by atoms with Crippen LogP contribution in [0.5, 0.6) is 0 Å². The highest BCUT2D eigenvalue weighted by Gasteiger charge is 2.38. The van der Waals surface area contributed by atoms with Crippen molar-refractivity contribution in [3.05, 3.63) is 0 Å². The molecule has 0 spiro atoms. The lowest BCUT2D eigenvalue weighted by Gasteiger charge is -2.40. The first-order valence-electron chi connectivity index (χ1n) is 11.1. The molecular weight excluding hydrogens is 382 g/mol. The summed E-state index contributed by atoms with van der Waals surface area (Å²) in [4.78, 5) is 41.8. The third kappa shape index (κ3) is 7.99. The highest BCUT2D eigenvalue weighted by molar-refractivity contribution is 5.90. The molecule has 5 atom stereocenters.